The number of carbonyl (C=O) groups is 2. The SMILES string of the molecule is CCOc1cc(/C=N\NC(=O)[C@H](O)c2ccccc2)ccc1OC(=O)c1ccco1. The molecule has 3 rings (SSSR count). The normalized spacial score (nSPS) is 11.8. The van der Waals surface area contributed by atoms with Crippen LogP contribution in [0.1, 0.15) is 34.7 Å². The molecule has 0 fully saturated rings. The van der Waals surface area contributed by atoms with E-state index in [0.29, 0.717) is 23.5 Å². The van der Waals surface area contributed by atoms with Gasteiger partial charge >= 0.3 is 5.97 Å². The van der Waals surface area contributed by atoms with E-state index in [4.69, 9.17) is 13.9 Å². The number of carbonyl (C=O) groups excluding carboxylic acids is 2. The van der Waals surface area contributed by atoms with Gasteiger partial charge in [-0.2, -0.15) is 5.10 Å². The van der Waals surface area contributed by atoms with Crippen molar-refractivity contribution in [1.29, 1.82) is 0 Å². The zero-order valence-corrected chi connectivity index (χ0v) is 16.1. The van der Waals surface area contributed by atoms with Gasteiger partial charge in [-0.3, -0.25) is 4.79 Å². The Kier molecular flexibility index (Phi) is 6.96. The number of benzene rings is 2. The van der Waals surface area contributed by atoms with Crippen molar-refractivity contribution in [3.8, 4) is 11.5 Å². The van der Waals surface area contributed by atoms with E-state index in [1.54, 1.807) is 61.5 Å². The van der Waals surface area contributed by atoms with Crippen LogP contribution in [-0.4, -0.2) is 29.8 Å². The second-order valence-electron chi connectivity index (χ2n) is 6.05. The number of esters is 1. The molecule has 8 heteroatoms. The molecule has 154 valence electrons. The van der Waals surface area contributed by atoms with Crippen LogP contribution in [0.5, 0.6) is 11.5 Å². The summed E-state index contributed by atoms with van der Waals surface area (Å²) in [6.45, 7) is 2.15. The average Bonchev–Trinajstić information content (AvgIpc) is 3.31. The molecule has 1 amide bonds. The fourth-order valence-corrected chi connectivity index (χ4v) is 2.52. The first-order chi connectivity index (χ1) is 14.6. The van der Waals surface area contributed by atoms with Gasteiger partial charge in [-0.15, -0.1) is 0 Å². The Hall–Kier alpha value is -3.91. The predicted octanol–water partition coefficient (Wildman–Crippen LogP) is 3.08. The predicted molar refractivity (Wildman–Crippen MR) is 108 cm³/mol. The van der Waals surface area contributed by atoms with Crippen molar-refractivity contribution in [1.82, 2.24) is 5.43 Å². The third-order valence-electron chi connectivity index (χ3n) is 3.94. The summed E-state index contributed by atoms with van der Waals surface area (Å²) < 4.78 is 15.9. The molecule has 0 bridgehead atoms. The summed E-state index contributed by atoms with van der Waals surface area (Å²) in [6, 6.07) is 16.4. The maximum absolute atomic E-state index is 12.1. The van der Waals surface area contributed by atoms with Crippen LogP contribution in [0.4, 0.5) is 0 Å². The van der Waals surface area contributed by atoms with Crippen LogP contribution >= 0.6 is 0 Å². The molecule has 1 atom stereocenters. The largest absolute Gasteiger partial charge is 0.490 e. The monoisotopic (exact) mass is 408 g/mol. The van der Waals surface area contributed by atoms with E-state index in [9.17, 15) is 14.7 Å². The Morgan fingerprint density at radius 3 is 2.63 bits per heavy atom. The maximum Gasteiger partial charge on any atom is 0.379 e. The van der Waals surface area contributed by atoms with Crippen molar-refractivity contribution >= 4 is 18.1 Å². The summed E-state index contributed by atoms with van der Waals surface area (Å²) in [5.41, 5.74) is 3.34. The van der Waals surface area contributed by atoms with Crippen molar-refractivity contribution in [2.45, 2.75) is 13.0 Å². The quantitative estimate of drug-likeness (QED) is 0.257. The lowest BCUT2D eigenvalue weighted by Gasteiger charge is -2.11. The van der Waals surface area contributed by atoms with Gasteiger partial charge in [0.1, 0.15) is 0 Å². The average molecular weight is 408 g/mol. The van der Waals surface area contributed by atoms with Crippen LogP contribution in [0.3, 0.4) is 0 Å². The Balaban J connectivity index is 1.66. The minimum absolute atomic E-state index is 0.0720. The van der Waals surface area contributed by atoms with Gasteiger partial charge in [-0.1, -0.05) is 30.3 Å². The number of aliphatic hydroxyl groups is 1. The number of hydrazone groups is 1. The zero-order chi connectivity index (χ0) is 21.3. The Morgan fingerprint density at radius 2 is 1.93 bits per heavy atom. The highest BCUT2D eigenvalue weighted by atomic mass is 16.6. The van der Waals surface area contributed by atoms with E-state index >= 15 is 0 Å². The molecule has 0 radical (unpaired) electrons. The van der Waals surface area contributed by atoms with E-state index < -0.39 is 18.0 Å². The zero-order valence-electron chi connectivity index (χ0n) is 16.1. The van der Waals surface area contributed by atoms with E-state index in [2.05, 4.69) is 10.5 Å². The summed E-state index contributed by atoms with van der Waals surface area (Å²) in [5, 5.41) is 13.9. The number of furan rings is 1. The second kappa shape index (κ2) is 10.0. The molecule has 1 aromatic heterocycles. The summed E-state index contributed by atoms with van der Waals surface area (Å²) >= 11 is 0. The highest BCUT2D eigenvalue weighted by Crippen LogP contribution is 2.29. The van der Waals surface area contributed by atoms with Gasteiger partial charge in [0, 0.05) is 0 Å². The lowest BCUT2D eigenvalue weighted by Crippen LogP contribution is -2.25. The lowest BCUT2D eigenvalue weighted by atomic mass is 10.1. The molecule has 0 spiro atoms. The molecular formula is C22H20N2O6. The number of ether oxygens (including phenoxy) is 2. The van der Waals surface area contributed by atoms with E-state index in [-0.39, 0.29) is 11.5 Å². The number of nitrogens with zero attached hydrogens (tertiary/aromatic N) is 1. The molecule has 0 unspecified atom stereocenters. The fraction of sp³-hybridized carbons (Fsp3) is 0.136. The van der Waals surface area contributed by atoms with Crippen LogP contribution in [-0.2, 0) is 4.79 Å². The fourth-order valence-electron chi connectivity index (χ4n) is 2.52. The molecular weight excluding hydrogens is 388 g/mol. The van der Waals surface area contributed by atoms with Gasteiger partial charge in [-0.05, 0) is 48.4 Å². The molecule has 2 aromatic carbocycles. The van der Waals surface area contributed by atoms with E-state index in [0.717, 1.165) is 0 Å². The number of hydrogen-bond donors (Lipinski definition) is 2. The second-order valence-corrected chi connectivity index (χ2v) is 6.05. The van der Waals surface area contributed by atoms with Crippen molar-refractivity contribution in [2.75, 3.05) is 6.61 Å². The van der Waals surface area contributed by atoms with Gasteiger partial charge in [-0.25, -0.2) is 10.2 Å². The van der Waals surface area contributed by atoms with Crippen LogP contribution in [0.25, 0.3) is 0 Å². The first-order valence-corrected chi connectivity index (χ1v) is 9.17. The van der Waals surface area contributed by atoms with Crippen LogP contribution < -0.4 is 14.9 Å². The summed E-state index contributed by atoms with van der Waals surface area (Å²) in [5.74, 6) is -0.685. The van der Waals surface area contributed by atoms with E-state index in [1.807, 2.05) is 0 Å². The van der Waals surface area contributed by atoms with Gasteiger partial charge in [0.25, 0.3) is 5.91 Å². The van der Waals surface area contributed by atoms with Gasteiger partial charge in [0.05, 0.1) is 19.1 Å². The Morgan fingerprint density at radius 1 is 1.13 bits per heavy atom. The standard InChI is InChI=1S/C22H20N2O6/c1-2-28-19-13-15(10-11-17(19)30-22(27)18-9-6-12-29-18)14-23-24-21(26)20(25)16-7-4-3-5-8-16/h3-14,20,25H,2H2,1H3,(H,24,26)/b23-14-/t20-/m1/s1. The minimum Gasteiger partial charge on any atom is -0.490 e. The number of nitrogens with one attached hydrogen (secondary N) is 1. The highest BCUT2D eigenvalue weighted by Gasteiger charge is 2.17. The Labute approximate surface area is 172 Å². The summed E-state index contributed by atoms with van der Waals surface area (Å²) in [6.07, 6.45) is 1.43. The molecule has 30 heavy (non-hydrogen) atoms. The van der Waals surface area contributed by atoms with Gasteiger partial charge in [0.2, 0.25) is 5.76 Å². The van der Waals surface area contributed by atoms with Crippen LogP contribution in [0.2, 0.25) is 0 Å². The van der Waals surface area contributed by atoms with Crippen molar-refractivity contribution < 1.29 is 28.6 Å². The van der Waals surface area contributed by atoms with Crippen LogP contribution in [0.15, 0.2) is 76.4 Å². The molecule has 8 nitrogen and oxygen atoms in total. The minimum atomic E-state index is -1.33. The molecule has 0 saturated heterocycles. The number of rotatable bonds is 8. The Bertz CT molecular complexity index is 1020. The van der Waals surface area contributed by atoms with E-state index in [1.165, 1.54) is 18.5 Å². The number of aliphatic hydroxyl groups excluding tert-OH is 1. The van der Waals surface area contributed by atoms with Crippen molar-refractivity contribution in [3.63, 3.8) is 0 Å². The molecule has 2 N–H and O–H groups in total. The van der Waals surface area contributed by atoms with Crippen molar-refractivity contribution in [3.05, 3.63) is 83.8 Å². The molecule has 1 heterocycles. The topological polar surface area (TPSA) is 110 Å². The maximum atomic E-state index is 12.1. The summed E-state index contributed by atoms with van der Waals surface area (Å²) in [4.78, 5) is 24.1. The first-order valence-electron chi connectivity index (χ1n) is 9.17. The first kappa shape index (κ1) is 20.8. The third-order valence-corrected chi connectivity index (χ3v) is 3.94. The lowest BCUT2D eigenvalue weighted by molar-refractivity contribution is -0.129. The third kappa shape index (κ3) is 5.33. The molecule has 0 aliphatic heterocycles. The molecule has 0 aliphatic carbocycles. The molecule has 0 aliphatic rings. The highest BCUT2D eigenvalue weighted by molar-refractivity contribution is 5.89. The molecule has 3 aromatic rings. The smallest absolute Gasteiger partial charge is 0.379 e. The van der Waals surface area contributed by atoms with Gasteiger partial charge in [0.15, 0.2) is 17.6 Å². The van der Waals surface area contributed by atoms with Crippen molar-refractivity contribution in [2.24, 2.45) is 5.10 Å². The molecule has 0 saturated carbocycles. The summed E-state index contributed by atoms with van der Waals surface area (Å²) in [7, 11) is 0. The van der Waals surface area contributed by atoms with Crippen LogP contribution in [0, 0.1) is 0 Å². The number of hydrogen-bond acceptors (Lipinski definition) is 7. The van der Waals surface area contributed by atoms with Gasteiger partial charge < -0.3 is 19.0 Å². The number of amides is 1.